The standard InChI is InChI=1S/C35H31F2N5O5/c1-35(2,3)47-34(46)40-30-18-23(36)13-15-28(30)39-31(43)22-11-8-20(9-12-22)19-38-32(44)26-16-21(10-14-27(26)37)17-29-24-6-4-5-7-25(24)33(45)42-41-29/h4-16,18H,17,19H2,1-3H3,(H,38,44)(H,39,43)(H,40,46)(H,42,45). The number of nitrogens with one attached hydrogen (secondary N) is 4. The van der Waals surface area contributed by atoms with E-state index in [0.29, 0.717) is 27.6 Å². The molecule has 5 rings (SSSR count). The van der Waals surface area contributed by atoms with Crippen LogP contribution in [0.2, 0.25) is 0 Å². The maximum Gasteiger partial charge on any atom is 0.412 e. The maximum absolute atomic E-state index is 14.7. The van der Waals surface area contributed by atoms with Gasteiger partial charge in [0.05, 0.1) is 28.0 Å². The van der Waals surface area contributed by atoms with Crippen LogP contribution in [0.15, 0.2) is 89.7 Å². The summed E-state index contributed by atoms with van der Waals surface area (Å²) < 4.78 is 33.8. The Morgan fingerprint density at radius 1 is 0.809 bits per heavy atom. The third kappa shape index (κ3) is 8.23. The number of halogens is 2. The minimum absolute atomic E-state index is 0.0200. The Bertz CT molecular complexity index is 2040. The smallest absolute Gasteiger partial charge is 0.412 e. The van der Waals surface area contributed by atoms with Crippen molar-refractivity contribution in [1.29, 1.82) is 0 Å². The Hall–Kier alpha value is -5.91. The summed E-state index contributed by atoms with van der Waals surface area (Å²) in [4.78, 5) is 50.2. The largest absolute Gasteiger partial charge is 0.444 e. The summed E-state index contributed by atoms with van der Waals surface area (Å²) >= 11 is 0. The average molecular weight is 640 g/mol. The molecular weight excluding hydrogens is 608 g/mol. The summed E-state index contributed by atoms with van der Waals surface area (Å²) in [7, 11) is 0. The van der Waals surface area contributed by atoms with Crippen LogP contribution in [0.5, 0.6) is 0 Å². The van der Waals surface area contributed by atoms with E-state index in [2.05, 4.69) is 26.1 Å². The van der Waals surface area contributed by atoms with Crippen LogP contribution >= 0.6 is 0 Å². The van der Waals surface area contributed by atoms with Crippen LogP contribution in [0.1, 0.15) is 58.3 Å². The van der Waals surface area contributed by atoms with E-state index < -0.39 is 35.1 Å². The summed E-state index contributed by atoms with van der Waals surface area (Å²) in [6.07, 6.45) is -0.547. The zero-order valence-corrected chi connectivity index (χ0v) is 25.7. The number of ether oxygens (including phenoxy) is 1. The number of fused-ring (bicyclic) bond motifs is 1. The van der Waals surface area contributed by atoms with E-state index in [4.69, 9.17) is 4.74 Å². The van der Waals surface area contributed by atoms with Crippen LogP contribution < -0.4 is 21.5 Å². The summed E-state index contributed by atoms with van der Waals surface area (Å²) in [6.45, 7) is 5.11. The maximum atomic E-state index is 14.7. The molecule has 0 spiro atoms. The molecular formula is C35H31F2N5O5. The molecule has 0 aliphatic rings. The molecule has 240 valence electrons. The molecule has 0 aliphatic heterocycles. The van der Waals surface area contributed by atoms with Crippen LogP contribution in [0.25, 0.3) is 10.8 Å². The molecule has 3 amide bonds. The summed E-state index contributed by atoms with van der Waals surface area (Å²) in [5, 5.41) is 15.6. The second-order valence-corrected chi connectivity index (χ2v) is 11.7. The number of amides is 3. The van der Waals surface area contributed by atoms with Gasteiger partial charge in [-0.3, -0.25) is 19.7 Å². The lowest BCUT2D eigenvalue weighted by Gasteiger charge is -2.20. The normalized spacial score (nSPS) is 11.2. The molecule has 10 nitrogen and oxygen atoms in total. The number of hydrogen-bond acceptors (Lipinski definition) is 6. The second kappa shape index (κ2) is 13.6. The van der Waals surface area contributed by atoms with Crippen molar-refractivity contribution in [2.24, 2.45) is 0 Å². The van der Waals surface area contributed by atoms with Crippen LogP contribution in [-0.2, 0) is 17.7 Å². The van der Waals surface area contributed by atoms with Crippen molar-refractivity contribution in [3.05, 3.63) is 135 Å². The number of rotatable bonds is 8. The fourth-order valence-corrected chi connectivity index (χ4v) is 4.74. The lowest BCUT2D eigenvalue weighted by atomic mass is 10.0. The molecule has 5 aromatic rings. The quantitative estimate of drug-likeness (QED) is 0.157. The van der Waals surface area contributed by atoms with Gasteiger partial charge in [0.15, 0.2) is 0 Å². The number of aromatic nitrogens is 2. The Morgan fingerprint density at radius 3 is 2.23 bits per heavy atom. The van der Waals surface area contributed by atoms with E-state index >= 15 is 0 Å². The summed E-state index contributed by atoms with van der Waals surface area (Å²) in [5.41, 5.74) is 1.05. The molecule has 47 heavy (non-hydrogen) atoms. The van der Waals surface area contributed by atoms with E-state index in [0.717, 1.165) is 12.1 Å². The van der Waals surface area contributed by atoms with Gasteiger partial charge in [-0.05, 0) is 80.4 Å². The van der Waals surface area contributed by atoms with Gasteiger partial charge < -0.3 is 15.4 Å². The molecule has 0 radical (unpaired) electrons. The molecule has 0 aliphatic carbocycles. The van der Waals surface area contributed by atoms with Crippen LogP contribution in [0.4, 0.5) is 25.0 Å². The zero-order chi connectivity index (χ0) is 33.7. The molecule has 0 saturated heterocycles. The third-order valence-electron chi connectivity index (χ3n) is 6.96. The Labute approximate surface area is 268 Å². The van der Waals surface area contributed by atoms with Gasteiger partial charge >= 0.3 is 6.09 Å². The minimum Gasteiger partial charge on any atom is -0.444 e. The zero-order valence-electron chi connectivity index (χ0n) is 25.7. The fourth-order valence-electron chi connectivity index (χ4n) is 4.74. The Kier molecular flexibility index (Phi) is 9.41. The van der Waals surface area contributed by atoms with Crippen molar-refractivity contribution >= 4 is 40.1 Å². The molecule has 1 aromatic heterocycles. The molecule has 0 unspecified atom stereocenters. The molecule has 12 heteroatoms. The van der Waals surface area contributed by atoms with Crippen LogP contribution in [0.3, 0.4) is 0 Å². The lowest BCUT2D eigenvalue weighted by Crippen LogP contribution is -2.27. The van der Waals surface area contributed by atoms with Crippen LogP contribution in [-0.4, -0.2) is 33.7 Å². The molecule has 0 fully saturated rings. The van der Waals surface area contributed by atoms with Crippen molar-refractivity contribution in [3.8, 4) is 0 Å². The number of nitrogens with zero attached hydrogens (tertiary/aromatic N) is 1. The van der Waals surface area contributed by atoms with Crippen molar-refractivity contribution in [2.45, 2.75) is 39.3 Å². The SMILES string of the molecule is CC(C)(C)OC(=O)Nc1cc(F)ccc1NC(=O)c1ccc(CNC(=O)c2cc(Cc3n[nH]c(=O)c4ccccc34)ccc2F)cc1. The topological polar surface area (TPSA) is 142 Å². The Balaban J connectivity index is 1.22. The first-order valence-electron chi connectivity index (χ1n) is 14.6. The Morgan fingerprint density at radius 2 is 1.51 bits per heavy atom. The second-order valence-electron chi connectivity index (χ2n) is 11.7. The van der Waals surface area contributed by atoms with Crippen LogP contribution in [0, 0.1) is 11.6 Å². The highest BCUT2D eigenvalue weighted by molar-refractivity contribution is 6.07. The number of H-pyrrole nitrogens is 1. The van der Waals surface area contributed by atoms with Crippen molar-refractivity contribution in [3.63, 3.8) is 0 Å². The first kappa shape index (κ1) is 32.5. The summed E-state index contributed by atoms with van der Waals surface area (Å²) in [5.74, 6) is -2.47. The van der Waals surface area contributed by atoms with E-state index in [9.17, 15) is 28.0 Å². The van der Waals surface area contributed by atoms with Gasteiger partial charge in [0.2, 0.25) is 0 Å². The number of anilines is 2. The van der Waals surface area contributed by atoms with Crippen molar-refractivity contribution in [1.82, 2.24) is 15.5 Å². The van der Waals surface area contributed by atoms with Gasteiger partial charge in [0.25, 0.3) is 17.4 Å². The minimum atomic E-state index is -0.809. The molecule has 1 heterocycles. The predicted octanol–water partition coefficient (Wildman–Crippen LogP) is 6.32. The lowest BCUT2D eigenvalue weighted by molar-refractivity contribution is 0.0635. The highest BCUT2D eigenvalue weighted by Crippen LogP contribution is 2.25. The number of carbonyl (C=O) groups excluding carboxylic acids is 3. The number of carbonyl (C=O) groups is 3. The first-order valence-corrected chi connectivity index (χ1v) is 14.6. The highest BCUT2D eigenvalue weighted by Gasteiger charge is 2.19. The van der Waals surface area contributed by atoms with Crippen molar-refractivity contribution in [2.75, 3.05) is 10.6 Å². The van der Waals surface area contributed by atoms with Gasteiger partial charge in [-0.2, -0.15) is 5.10 Å². The van der Waals surface area contributed by atoms with Gasteiger partial charge in [0.1, 0.15) is 17.2 Å². The number of hydrogen-bond donors (Lipinski definition) is 4. The predicted molar refractivity (Wildman–Crippen MR) is 173 cm³/mol. The van der Waals surface area contributed by atoms with Gasteiger partial charge in [0, 0.05) is 23.9 Å². The average Bonchev–Trinajstić information content (AvgIpc) is 3.03. The van der Waals surface area contributed by atoms with Gasteiger partial charge in [-0.25, -0.2) is 18.7 Å². The molecule has 0 atom stereocenters. The van der Waals surface area contributed by atoms with E-state index in [1.54, 1.807) is 63.2 Å². The molecule has 0 saturated carbocycles. The number of benzene rings is 4. The van der Waals surface area contributed by atoms with E-state index in [1.807, 2.05) is 0 Å². The van der Waals surface area contributed by atoms with E-state index in [1.165, 1.54) is 30.3 Å². The molecule has 4 aromatic carbocycles. The van der Waals surface area contributed by atoms with Gasteiger partial charge in [-0.15, -0.1) is 0 Å². The van der Waals surface area contributed by atoms with Gasteiger partial charge in [-0.1, -0.05) is 36.4 Å². The van der Waals surface area contributed by atoms with Crippen molar-refractivity contribution < 1.29 is 27.9 Å². The highest BCUT2D eigenvalue weighted by atomic mass is 19.1. The fraction of sp³-hybridized carbons (Fsp3) is 0.171. The first-order chi connectivity index (χ1) is 22.4. The van der Waals surface area contributed by atoms with E-state index in [-0.39, 0.29) is 41.0 Å². The molecule has 0 bridgehead atoms. The molecule has 4 N–H and O–H groups in total. The summed E-state index contributed by atoms with van der Waals surface area (Å²) in [6, 6.07) is 21.1. The third-order valence-corrected chi connectivity index (χ3v) is 6.96. The number of aromatic amines is 1. The monoisotopic (exact) mass is 639 g/mol.